The highest BCUT2D eigenvalue weighted by Gasteiger charge is 2.14. The molecule has 6 nitrogen and oxygen atoms in total. The molecular weight excluding hydrogens is 372 g/mol. The van der Waals surface area contributed by atoms with Gasteiger partial charge in [-0.05, 0) is 37.3 Å². The molecule has 0 aliphatic carbocycles. The maximum absolute atomic E-state index is 12.7. The molecule has 1 aromatic heterocycles. The number of rotatable bonds is 7. The monoisotopic (exact) mass is 392 g/mol. The molecule has 8 heteroatoms. The van der Waals surface area contributed by atoms with Gasteiger partial charge in [0.25, 0.3) is 10.0 Å². The van der Waals surface area contributed by atoms with Crippen molar-refractivity contribution >= 4 is 31.6 Å². The molecule has 0 unspecified atom stereocenters. The topological polar surface area (TPSA) is 69.9 Å². The summed E-state index contributed by atoms with van der Waals surface area (Å²) in [6, 6.07) is 13.9. The number of sulfonamides is 1. The third-order valence-corrected chi connectivity index (χ3v) is 6.23. The molecule has 138 valence electrons. The Bertz CT molecular complexity index is 1050. The number of aromatic nitrogens is 1. The highest BCUT2D eigenvalue weighted by atomic mass is 32.2. The van der Waals surface area contributed by atoms with E-state index < -0.39 is 10.0 Å². The van der Waals surface area contributed by atoms with Crippen molar-refractivity contribution in [2.75, 3.05) is 20.3 Å². The zero-order chi connectivity index (χ0) is 18.6. The van der Waals surface area contributed by atoms with Crippen LogP contribution in [0.15, 0.2) is 57.8 Å². The molecule has 0 spiro atoms. The molecule has 1 heterocycles. The van der Waals surface area contributed by atoms with Gasteiger partial charge in [-0.3, -0.25) is 0 Å². The van der Waals surface area contributed by atoms with Gasteiger partial charge in [0.15, 0.2) is 0 Å². The highest BCUT2D eigenvalue weighted by Crippen LogP contribution is 2.23. The third-order valence-electron chi connectivity index (χ3n) is 3.79. The molecule has 0 saturated heterocycles. The molecule has 0 bridgehead atoms. The lowest BCUT2D eigenvalue weighted by Gasteiger charge is -2.06. The molecule has 2 aromatic carbocycles. The first-order valence-corrected chi connectivity index (χ1v) is 10.4. The molecule has 0 N–H and O–H groups in total. The van der Waals surface area contributed by atoms with Crippen molar-refractivity contribution in [1.82, 2.24) is 4.57 Å². The van der Waals surface area contributed by atoms with Gasteiger partial charge in [0.05, 0.1) is 28.8 Å². The summed E-state index contributed by atoms with van der Waals surface area (Å²) in [4.78, 5) is 0.586. The van der Waals surface area contributed by atoms with Crippen LogP contribution in [0.3, 0.4) is 0 Å². The van der Waals surface area contributed by atoms with E-state index in [1.165, 1.54) is 11.3 Å². The fourth-order valence-electron chi connectivity index (χ4n) is 2.51. The first-order chi connectivity index (χ1) is 12.5. The van der Waals surface area contributed by atoms with Crippen LogP contribution >= 0.6 is 11.3 Å². The van der Waals surface area contributed by atoms with E-state index in [0.717, 1.165) is 10.2 Å². The van der Waals surface area contributed by atoms with Gasteiger partial charge < -0.3 is 14.0 Å². The van der Waals surface area contributed by atoms with Gasteiger partial charge in [-0.25, -0.2) is 0 Å². The predicted octanol–water partition coefficient (Wildman–Crippen LogP) is 3.04. The average Bonchev–Trinajstić information content (AvgIpc) is 2.98. The number of methoxy groups -OCH3 is 1. The van der Waals surface area contributed by atoms with Crippen molar-refractivity contribution < 1.29 is 17.9 Å². The van der Waals surface area contributed by atoms with E-state index >= 15 is 0 Å². The zero-order valence-corrected chi connectivity index (χ0v) is 16.2. The molecule has 0 saturated carbocycles. The van der Waals surface area contributed by atoms with Crippen molar-refractivity contribution in [2.24, 2.45) is 4.40 Å². The Morgan fingerprint density at radius 3 is 2.62 bits per heavy atom. The summed E-state index contributed by atoms with van der Waals surface area (Å²) in [5.74, 6) is 0.716. The number of ether oxygens (including phenoxy) is 2. The maximum Gasteiger partial charge on any atom is 0.285 e. The number of hydrogen-bond donors (Lipinski definition) is 0. The quantitative estimate of drug-likeness (QED) is 0.580. The molecule has 26 heavy (non-hydrogen) atoms. The molecule has 3 aromatic rings. The van der Waals surface area contributed by atoms with Crippen LogP contribution < -0.4 is 9.54 Å². The van der Waals surface area contributed by atoms with E-state index in [1.807, 2.05) is 29.7 Å². The van der Waals surface area contributed by atoms with E-state index in [2.05, 4.69) is 4.40 Å². The summed E-state index contributed by atoms with van der Waals surface area (Å²) in [5, 5.41) is 0. The van der Waals surface area contributed by atoms with Crippen LogP contribution in [0.1, 0.15) is 6.92 Å². The standard InChI is InChI=1S/C18H20N2O4S2/c1-3-24-12-11-20-16-10-9-14(23-2)13-17(16)25-18(20)19-26(21,22)15-7-5-4-6-8-15/h4-10,13H,3,11-12H2,1-2H3. The molecule has 0 aliphatic rings. The Kier molecular flexibility index (Phi) is 5.75. The highest BCUT2D eigenvalue weighted by molar-refractivity contribution is 7.90. The number of thiazole rings is 1. The first kappa shape index (κ1) is 18.6. The van der Waals surface area contributed by atoms with Crippen LogP contribution in [-0.4, -0.2) is 33.3 Å². The van der Waals surface area contributed by atoms with Gasteiger partial charge in [0.1, 0.15) is 5.75 Å². The van der Waals surface area contributed by atoms with Gasteiger partial charge in [-0.1, -0.05) is 29.5 Å². The first-order valence-electron chi connectivity index (χ1n) is 8.16. The van der Waals surface area contributed by atoms with E-state index in [9.17, 15) is 8.42 Å². The van der Waals surface area contributed by atoms with Gasteiger partial charge in [-0.2, -0.15) is 8.42 Å². The molecule has 3 rings (SSSR count). The Labute approximate surface area is 156 Å². The predicted molar refractivity (Wildman–Crippen MR) is 102 cm³/mol. The third kappa shape index (κ3) is 3.98. The summed E-state index contributed by atoms with van der Waals surface area (Å²) in [6.07, 6.45) is 0. The lowest BCUT2D eigenvalue weighted by atomic mass is 10.3. The van der Waals surface area contributed by atoms with Gasteiger partial charge >= 0.3 is 0 Å². The van der Waals surface area contributed by atoms with Crippen LogP contribution in [0.2, 0.25) is 0 Å². The van der Waals surface area contributed by atoms with Crippen LogP contribution in [0.25, 0.3) is 10.2 Å². The SMILES string of the molecule is CCOCCn1c(=NS(=O)(=O)c2ccccc2)sc2cc(OC)ccc21. The van der Waals surface area contributed by atoms with E-state index in [4.69, 9.17) is 9.47 Å². The summed E-state index contributed by atoms with van der Waals surface area (Å²) < 4.78 is 42.9. The largest absolute Gasteiger partial charge is 0.497 e. The van der Waals surface area contributed by atoms with E-state index in [1.54, 1.807) is 37.4 Å². The van der Waals surface area contributed by atoms with Crippen LogP contribution in [-0.2, 0) is 21.3 Å². The van der Waals surface area contributed by atoms with Crippen molar-refractivity contribution in [3.05, 3.63) is 53.3 Å². The van der Waals surface area contributed by atoms with Crippen LogP contribution in [0.5, 0.6) is 5.75 Å². The lowest BCUT2D eigenvalue weighted by molar-refractivity contribution is 0.139. The summed E-state index contributed by atoms with van der Waals surface area (Å²) >= 11 is 1.31. The van der Waals surface area contributed by atoms with Gasteiger partial charge in [-0.15, -0.1) is 4.40 Å². The summed E-state index contributed by atoms with van der Waals surface area (Å²) in [6.45, 7) is 3.52. The molecule has 0 amide bonds. The van der Waals surface area contributed by atoms with Crippen molar-refractivity contribution in [1.29, 1.82) is 0 Å². The van der Waals surface area contributed by atoms with Crippen molar-refractivity contribution in [3.8, 4) is 5.75 Å². The van der Waals surface area contributed by atoms with E-state index in [-0.39, 0.29) is 4.90 Å². The summed E-state index contributed by atoms with van der Waals surface area (Å²) in [5.41, 5.74) is 0.900. The number of nitrogens with zero attached hydrogens (tertiary/aromatic N) is 2. The second kappa shape index (κ2) is 8.03. The molecule has 0 atom stereocenters. The van der Waals surface area contributed by atoms with Crippen molar-refractivity contribution in [2.45, 2.75) is 18.4 Å². The average molecular weight is 393 g/mol. The normalized spacial score (nSPS) is 12.6. The molecule has 0 aliphatic heterocycles. The van der Waals surface area contributed by atoms with E-state index in [0.29, 0.717) is 30.3 Å². The smallest absolute Gasteiger partial charge is 0.285 e. The molecule has 0 fully saturated rings. The Hall–Kier alpha value is -2.16. The fourth-order valence-corrected chi connectivity index (χ4v) is 4.82. The Balaban J connectivity index is 2.15. The lowest BCUT2D eigenvalue weighted by Crippen LogP contribution is -2.19. The Morgan fingerprint density at radius 1 is 1.15 bits per heavy atom. The maximum atomic E-state index is 12.7. The number of fused-ring (bicyclic) bond motifs is 1. The van der Waals surface area contributed by atoms with Gasteiger partial charge in [0.2, 0.25) is 4.80 Å². The minimum Gasteiger partial charge on any atom is -0.497 e. The second-order valence-corrected chi connectivity index (χ2v) is 8.06. The molecule has 0 radical (unpaired) electrons. The number of hydrogen-bond acceptors (Lipinski definition) is 5. The minimum atomic E-state index is -3.79. The summed E-state index contributed by atoms with van der Waals surface area (Å²) in [7, 11) is -2.19. The van der Waals surface area contributed by atoms with Gasteiger partial charge in [0, 0.05) is 13.2 Å². The molecular formula is C18H20N2O4S2. The van der Waals surface area contributed by atoms with Crippen molar-refractivity contribution in [3.63, 3.8) is 0 Å². The number of benzene rings is 2. The van der Waals surface area contributed by atoms with Crippen LogP contribution in [0.4, 0.5) is 0 Å². The zero-order valence-electron chi connectivity index (χ0n) is 14.6. The Morgan fingerprint density at radius 2 is 1.92 bits per heavy atom. The fraction of sp³-hybridized carbons (Fsp3) is 0.278. The second-order valence-electron chi connectivity index (χ2n) is 5.45. The van der Waals surface area contributed by atoms with Crippen LogP contribution in [0, 0.1) is 0 Å². The minimum absolute atomic E-state index is 0.173.